The van der Waals surface area contributed by atoms with E-state index in [1.807, 2.05) is 6.92 Å². The Balaban J connectivity index is 2.12. The van der Waals surface area contributed by atoms with Crippen molar-refractivity contribution in [2.24, 2.45) is 0 Å². The zero-order chi connectivity index (χ0) is 10.0. The standard InChI is InChI=1S/C12H16OSe/c1-12(13)7-8-14-11(9-12)10-5-3-2-4-6-10/h2-6,11,13H,7-9H2,1H3/t11-,12-/m0/s1. The van der Waals surface area contributed by atoms with Gasteiger partial charge in [0.25, 0.3) is 0 Å². The van der Waals surface area contributed by atoms with Gasteiger partial charge in [0, 0.05) is 0 Å². The van der Waals surface area contributed by atoms with Crippen LogP contribution in [0.1, 0.15) is 30.1 Å². The average molecular weight is 255 g/mol. The second kappa shape index (κ2) is 4.06. The first-order valence-electron chi connectivity index (χ1n) is 5.06. The van der Waals surface area contributed by atoms with E-state index in [1.165, 1.54) is 10.9 Å². The monoisotopic (exact) mass is 256 g/mol. The summed E-state index contributed by atoms with van der Waals surface area (Å²) in [6.45, 7) is 1.97. The van der Waals surface area contributed by atoms with Crippen LogP contribution >= 0.6 is 0 Å². The fourth-order valence-corrected chi connectivity index (χ4v) is 5.36. The summed E-state index contributed by atoms with van der Waals surface area (Å²) in [5.74, 6) is 0. The summed E-state index contributed by atoms with van der Waals surface area (Å²) in [6, 6.07) is 10.6. The molecule has 1 aliphatic heterocycles. The van der Waals surface area contributed by atoms with E-state index in [1.54, 1.807) is 0 Å². The van der Waals surface area contributed by atoms with Crippen molar-refractivity contribution in [3.05, 3.63) is 35.9 Å². The summed E-state index contributed by atoms with van der Waals surface area (Å²) in [6.07, 6.45) is 1.92. The molecular formula is C12H16OSe. The third kappa shape index (κ3) is 2.38. The predicted molar refractivity (Wildman–Crippen MR) is 59.6 cm³/mol. The third-order valence-corrected chi connectivity index (χ3v) is 5.44. The molecule has 2 heteroatoms. The molecule has 1 heterocycles. The number of hydrogen-bond acceptors (Lipinski definition) is 1. The Morgan fingerprint density at radius 2 is 2.07 bits per heavy atom. The van der Waals surface area contributed by atoms with Gasteiger partial charge in [-0.05, 0) is 0 Å². The molecule has 1 aromatic rings. The second-order valence-electron chi connectivity index (χ2n) is 4.22. The number of hydrogen-bond donors (Lipinski definition) is 1. The maximum absolute atomic E-state index is 10.0. The summed E-state index contributed by atoms with van der Waals surface area (Å²) in [5.41, 5.74) is 0.980. The molecule has 0 aliphatic carbocycles. The van der Waals surface area contributed by atoms with Crippen molar-refractivity contribution in [3.8, 4) is 0 Å². The van der Waals surface area contributed by atoms with Gasteiger partial charge in [-0.3, -0.25) is 0 Å². The van der Waals surface area contributed by atoms with Crippen molar-refractivity contribution in [2.45, 2.75) is 35.5 Å². The summed E-state index contributed by atoms with van der Waals surface area (Å²) in [7, 11) is 0. The van der Waals surface area contributed by atoms with Gasteiger partial charge in [-0.15, -0.1) is 0 Å². The number of benzene rings is 1. The molecule has 1 N–H and O–H groups in total. The van der Waals surface area contributed by atoms with Gasteiger partial charge in [0.05, 0.1) is 0 Å². The predicted octanol–water partition coefficient (Wildman–Crippen LogP) is 2.40. The van der Waals surface area contributed by atoms with Crippen LogP contribution in [-0.4, -0.2) is 25.7 Å². The Kier molecular flexibility index (Phi) is 2.96. The van der Waals surface area contributed by atoms with Crippen LogP contribution in [0.15, 0.2) is 30.3 Å². The van der Waals surface area contributed by atoms with Crippen molar-refractivity contribution in [1.29, 1.82) is 0 Å². The quantitative estimate of drug-likeness (QED) is 0.764. The fourth-order valence-electron chi connectivity index (χ4n) is 1.86. The molecule has 2 atom stereocenters. The molecule has 0 unspecified atom stereocenters. The van der Waals surface area contributed by atoms with Gasteiger partial charge in [-0.1, -0.05) is 0 Å². The van der Waals surface area contributed by atoms with Gasteiger partial charge in [-0.25, -0.2) is 0 Å². The molecule has 1 aliphatic rings. The molecule has 14 heavy (non-hydrogen) atoms. The van der Waals surface area contributed by atoms with Crippen molar-refractivity contribution >= 4 is 15.0 Å². The van der Waals surface area contributed by atoms with Crippen LogP contribution in [0.2, 0.25) is 5.32 Å². The molecule has 1 fully saturated rings. The van der Waals surface area contributed by atoms with Crippen molar-refractivity contribution < 1.29 is 5.11 Å². The SMILES string of the molecule is C[C@]1(O)CC[Se][C@H](c2ccccc2)C1. The van der Waals surface area contributed by atoms with Gasteiger partial charge in [-0.2, -0.15) is 0 Å². The van der Waals surface area contributed by atoms with E-state index < -0.39 is 5.60 Å². The first kappa shape index (κ1) is 10.2. The molecule has 0 spiro atoms. The molecule has 1 nitrogen and oxygen atoms in total. The fraction of sp³-hybridized carbons (Fsp3) is 0.500. The van der Waals surface area contributed by atoms with Crippen LogP contribution in [0.5, 0.6) is 0 Å². The molecular weight excluding hydrogens is 239 g/mol. The first-order valence-corrected chi connectivity index (χ1v) is 7.26. The zero-order valence-corrected chi connectivity index (χ0v) is 10.2. The summed E-state index contributed by atoms with van der Waals surface area (Å²) in [5, 5.41) is 11.2. The minimum atomic E-state index is -0.430. The Morgan fingerprint density at radius 3 is 2.71 bits per heavy atom. The van der Waals surface area contributed by atoms with E-state index in [0.29, 0.717) is 19.8 Å². The van der Waals surface area contributed by atoms with Crippen molar-refractivity contribution in [2.75, 3.05) is 0 Å². The zero-order valence-electron chi connectivity index (χ0n) is 8.44. The Hall–Kier alpha value is -0.301. The van der Waals surface area contributed by atoms with Crippen LogP contribution in [0.25, 0.3) is 0 Å². The molecule has 76 valence electrons. The van der Waals surface area contributed by atoms with E-state index >= 15 is 0 Å². The second-order valence-corrected chi connectivity index (χ2v) is 6.97. The van der Waals surface area contributed by atoms with Gasteiger partial charge in [0.2, 0.25) is 0 Å². The van der Waals surface area contributed by atoms with Gasteiger partial charge < -0.3 is 0 Å². The maximum atomic E-state index is 10.0. The molecule has 0 saturated carbocycles. The molecule has 0 amide bonds. The Morgan fingerprint density at radius 1 is 1.36 bits per heavy atom. The van der Waals surface area contributed by atoms with E-state index in [2.05, 4.69) is 30.3 Å². The van der Waals surface area contributed by atoms with Gasteiger partial charge in [0.15, 0.2) is 0 Å². The number of rotatable bonds is 1. The summed E-state index contributed by atoms with van der Waals surface area (Å²) in [4.78, 5) is 0.618. The van der Waals surface area contributed by atoms with Gasteiger partial charge >= 0.3 is 91.5 Å². The van der Waals surface area contributed by atoms with E-state index in [4.69, 9.17) is 0 Å². The van der Waals surface area contributed by atoms with Crippen LogP contribution in [0.3, 0.4) is 0 Å². The number of aliphatic hydroxyl groups is 1. The molecule has 1 aromatic carbocycles. The van der Waals surface area contributed by atoms with E-state index in [9.17, 15) is 5.11 Å². The van der Waals surface area contributed by atoms with E-state index in [0.717, 1.165) is 12.8 Å². The van der Waals surface area contributed by atoms with Crippen LogP contribution in [-0.2, 0) is 0 Å². The van der Waals surface area contributed by atoms with Crippen LogP contribution in [0.4, 0.5) is 0 Å². The molecule has 0 radical (unpaired) electrons. The first-order chi connectivity index (χ1) is 6.67. The normalized spacial score (nSPS) is 32.9. The van der Waals surface area contributed by atoms with E-state index in [-0.39, 0.29) is 0 Å². The average Bonchev–Trinajstić information content (AvgIpc) is 2.18. The van der Waals surface area contributed by atoms with Crippen LogP contribution < -0.4 is 0 Å². The summed E-state index contributed by atoms with van der Waals surface area (Å²) >= 11 is 0.670. The van der Waals surface area contributed by atoms with Gasteiger partial charge in [0.1, 0.15) is 0 Å². The van der Waals surface area contributed by atoms with Crippen molar-refractivity contribution in [1.82, 2.24) is 0 Å². The summed E-state index contributed by atoms with van der Waals surface area (Å²) < 4.78 is 0. The van der Waals surface area contributed by atoms with Crippen LogP contribution in [0, 0.1) is 0 Å². The Labute approximate surface area is 91.7 Å². The van der Waals surface area contributed by atoms with Crippen molar-refractivity contribution in [3.63, 3.8) is 0 Å². The topological polar surface area (TPSA) is 20.2 Å². The molecule has 0 aromatic heterocycles. The molecule has 1 saturated heterocycles. The minimum absolute atomic E-state index is 0.430. The third-order valence-electron chi connectivity index (χ3n) is 2.76. The Bertz CT molecular complexity index is 294. The molecule has 0 bridgehead atoms. The molecule has 2 rings (SSSR count).